The van der Waals surface area contributed by atoms with E-state index < -0.39 is 30.0 Å². The first-order chi connectivity index (χ1) is 29.9. The van der Waals surface area contributed by atoms with E-state index in [0.29, 0.717) is 65.0 Å². The van der Waals surface area contributed by atoms with Crippen LogP contribution in [0, 0.1) is 11.8 Å². The molecule has 326 valence electrons. The van der Waals surface area contributed by atoms with Crippen molar-refractivity contribution in [3.05, 3.63) is 69.2 Å². The monoisotopic (exact) mass is 869 g/mol. The van der Waals surface area contributed by atoms with Crippen molar-refractivity contribution in [1.29, 1.82) is 0 Å². The average Bonchev–Trinajstić information content (AvgIpc) is 4.06. The number of benzene rings is 2. The number of ether oxygens (including phenoxy) is 1. The number of carbonyl (C=O) groups is 2. The largest absolute Gasteiger partial charge is 0.480 e. The van der Waals surface area contributed by atoms with Crippen LogP contribution in [0.15, 0.2) is 47.4 Å². The van der Waals surface area contributed by atoms with Crippen LogP contribution in [0.4, 0.5) is 31.9 Å². The van der Waals surface area contributed by atoms with E-state index in [1.165, 1.54) is 10.1 Å². The standard InChI is InChI=1S/C44H50ClF2N11O4/c1-54-33-9-6-28(20-31(33)37-38(42(54)61)62-24-44(46,47)39(51-37)27-4-5-27)49-40-32(45)21-48-43(52-40)58-17-15-57(16-18-58)22-25-11-13-56(14-12-25)23-26-3-7-29-34(19-26)55(2)53-36(29)30-8-10-35(59)50-41(30)60/h3,6-7,9,19-21,25,27,30,39,51H,4-5,8,10-18,22-24H2,1-2H3,(H,48,49,52)(H,50,59,60). The quantitative estimate of drug-likeness (QED) is 0.163. The summed E-state index contributed by atoms with van der Waals surface area (Å²) < 4.78 is 39.1. The maximum absolute atomic E-state index is 15.2. The molecule has 0 spiro atoms. The Balaban J connectivity index is 0.743. The summed E-state index contributed by atoms with van der Waals surface area (Å²) in [7, 11) is 3.52. The Bertz CT molecular complexity index is 2640. The topological polar surface area (TPSA) is 155 Å². The van der Waals surface area contributed by atoms with Gasteiger partial charge in [-0.3, -0.25) is 34.2 Å². The SMILES string of the molecule is Cn1nc(C2CCC(=O)NC2=O)c2ccc(CN3CCC(CN4CCN(c5ncc(Cl)c(Nc6ccc7c(c6)c6c(c(=O)n7C)OCC(F)(F)C(C7CC7)N6)n5)CC4)CC3)cc21. The van der Waals surface area contributed by atoms with Gasteiger partial charge in [-0.15, -0.1) is 0 Å². The molecule has 15 nitrogen and oxygen atoms in total. The summed E-state index contributed by atoms with van der Waals surface area (Å²) in [6.07, 6.45) is 6.07. The molecule has 1 aliphatic carbocycles. The number of aromatic nitrogens is 5. The number of anilines is 4. The second-order valence-electron chi connectivity index (χ2n) is 17.7. The summed E-state index contributed by atoms with van der Waals surface area (Å²) in [5.74, 6) is -2.71. The van der Waals surface area contributed by atoms with Gasteiger partial charge in [-0.05, 0) is 86.9 Å². The zero-order chi connectivity index (χ0) is 42.9. The fraction of sp³-hybridized carbons (Fsp3) is 0.500. The van der Waals surface area contributed by atoms with Crippen LogP contribution in [0.5, 0.6) is 5.75 Å². The molecule has 2 atom stereocenters. The Hall–Kier alpha value is -5.39. The number of fused-ring (bicyclic) bond motifs is 4. The van der Waals surface area contributed by atoms with Gasteiger partial charge in [-0.1, -0.05) is 23.7 Å². The summed E-state index contributed by atoms with van der Waals surface area (Å²) in [5.41, 5.74) is 3.96. The summed E-state index contributed by atoms with van der Waals surface area (Å²) in [4.78, 5) is 54.1. The number of aryl methyl sites for hydroxylation is 2. The van der Waals surface area contributed by atoms with Crippen molar-refractivity contribution in [2.45, 2.75) is 63.0 Å². The van der Waals surface area contributed by atoms with Gasteiger partial charge in [0.05, 0.1) is 40.6 Å². The van der Waals surface area contributed by atoms with Crippen LogP contribution in [0.2, 0.25) is 5.02 Å². The summed E-state index contributed by atoms with van der Waals surface area (Å²) >= 11 is 6.63. The number of carbonyl (C=O) groups excluding carboxylic acids is 2. The average molecular weight is 870 g/mol. The molecular formula is C44H50ClF2N11O4. The Kier molecular flexibility index (Phi) is 10.5. The molecule has 62 heavy (non-hydrogen) atoms. The first-order valence-electron chi connectivity index (χ1n) is 21.6. The van der Waals surface area contributed by atoms with Crippen LogP contribution >= 0.6 is 11.6 Å². The highest BCUT2D eigenvalue weighted by atomic mass is 35.5. The van der Waals surface area contributed by atoms with Gasteiger partial charge < -0.3 is 24.8 Å². The Morgan fingerprint density at radius 1 is 0.919 bits per heavy atom. The minimum absolute atomic E-state index is 0.104. The zero-order valence-corrected chi connectivity index (χ0v) is 35.6. The molecule has 0 bridgehead atoms. The molecule has 2 aromatic carbocycles. The highest BCUT2D eigenvalue weighted by Crippen LogP contribution is 2.46. The van der Waals surface area contributed by atoms with E-state index in [1.54, 1.807) is 19.3 Å². The molecule has 3 N–H and O–H groups in total. The third-order valence-electron chi connectivity index (χ3n) is 13.4. The van der Waals surface area contributed by atoms with Gasteiger partial charge >= 0.3 is 5.92 Å². The number of halogens is 3. The fourth-order valence-electron chi connectivity index (χ4n) is 9.74. The third-order valence-corrected chi connectivity index (χ3v) is 13.7. The highest BCUT2D eigenvalue weighted by molar-refractivity contribution is 6.33. The van der Waals surface area contributed by atoms with Crippen molar-refractivity contribution in [3.8, 4) is 5.75 Å². The minimum atomic E-state index is -3.13. The van der Waals surface area contributed by atoms with Crippen molar-refractivity contribution in [2.75, 3.05) is 68.0 Å². The molecule has 5 aromatic rings. The third kappa shape index (κ3) is 7.83. The number of piperazine rings is 1. The number of imide groups is 1. The van der Waals surface area contributed by atoms with Gasteiger partial charge in [-0.2, -0.15) is 10.1 Å². The molecule has 0 radical (unpaired) electrons. The lowest BCUT2D eigenvalue weighted by atomic mass is 9.92. The smallest absolute Gasteiger partial charge is 0.301 e. The zero-order valence-electron chi connectivity index (χ0n) is 34.8. The normalized spacial score (nSPS) is 22.6. The molecule has 4 fully saturated rings. The number of hydrogen-bond acceptors (Lipinski definition) is 12. The van der Waals surface area contributed by atoms with Crippen LogP contribution in [0.3, 0.4) is 0 Å². The van der Waals surface area contributed by atoms with Crippen molar-refractivity contribution in [2.24, 2.45) is 25.9 Å². The molecule has 18 heteroatoms. The van der Waals surface area contributed by atoms with Gasteiger partial charge in [0.15, 0.2) is 12.4 Å². The highest BCUT2D eigenvalue weighted by Gasteiger charge is 2.51. The number of hydrogen-bond donors (Lipinski definition) is 3. The van der Waals surface area contributed by atoms with Gasteiger partial charge in [0.25, 0.3) is 5.56 Å². The molecule has 3 aromatic heterocycles. The van der Waals surface area contributed by atoms with Crippen LogP contribution in [-0.4, -0.2) is 110 Å². The minimum Gasteiger partial charge on any atom is -0.480 e. The first-order valence-corrected chi connectivity index (χ1v) is 22.0. The predicted molar refractivity (Wildman–Crippen MR) is 233 cm³/mol. The second kappa shape index (κ2) is 16.1. The summed E-state index contributed by atoms with van der Waals surface area (Å²) in [6, 6.07) is 10.7. The van der Waals surface area contributed by atoms with Crippen molar-refractivity contribution in [3.63, 3.8) is 0 Å². The van der Waals surface area contributed by atoms with Gasteiger partial charge in [-0.25, -0.2) is 13.8 Å². The Morgan fingerprint density at radius 3 is 2.47 bits per heavy atom. The summed E-state index contributed by atoms with van der Waals surface area (Å²) in [6.45, 7) is 6.45. The van der Waals surface area contributed by atoms with Crippen molar-refractivity contribution in [1.82, 2.24) is 39.4 Å². The lowest BCUT2D eigenvalue weighted by molar-refractivity contribution is -0.134. The molecule has 4 aliphatic heterocycles. The Labute approximate surface area is 361 Å². The van der Waals surface area contributed by atoms with Crippen LogP contribution < -0.4 is 31.1 Å². The number of likely N-dealkylation sites (tertiary alicyclic amines) is 1. The van der Waals surface area contributed by atoms with E-state index in [4.69, 9.17) is 26.4 Å². The number of piperidine rings is 2. The molecular weight excluding hydrogens is 820 g/mol. The number of rotatable bonds is 9. The molecule has 7 heterocycles. The fourth-order valence-corrected chi connectivity index (χ4v) is 9.88. The number of nitrogens with zero attached hydrogens (tertiary/aromatic N) is 8. The number of alkyl halides is 2. The molecule has 3 saturated heterocycles. The van der Waals surface area contributed by atoms with E-state index in [9.17, 15) is 14.4 Å². The van der Waals surface area contributed by atoms with E-state index in [1.807, 2.05) is 23.9 Å². The number of amides is 2. The Morgan fingerprint density at radius 2 is 1.71 bits per heavy atom. The molecule has 2 amide bonds. The lowest BCUT2D eigenvalue weighted by Gasteiger charge is -2.39. The van der Waals surface area contributed by atoms with Crippen molar-refractivity contribution < 1.29 is 23.1 Å². The van der Waals surface area contributed by atoms with E-state index in [2.05, 4.69) is 53.8 Å². The first kappa shape index (κ1) is 40.7. The maximum Gasteiger partial charge on any atom is 0.301 e. The van der Waals surface area contributed by atoms with E-state index in [0.717, 1.165) is 81.8 Å². The molecule has 2 unspecified atom stereocenters. The van der Waals surface area contributed by atoms with Gasteiger partial charge in [0, 0.05) is 76.2 Å². The van der Waals surface area contributed by atoms with Crippen LogP contribution in [-0.2, 0) is 30.2 Å². The van der Waals surface area contributed by atoms with Gasteiger partial charge in [0.2, 0.25) is 23.5 Å². The van der Waals surface area contributed by atoms with Crippen LogP contribution in [0.25, 0.3) is 21.8 Å². The lowest BCUT2D eigenvalue weighted by Crippen LogP contribution is -2.49. The number of pyridine rings is 1. The maximum atomic E-state index is 15.2. The summed E-state index contributed by atoms with van der Waals surface area (Å²) in [5, 5.41) is 15.4. The van der Waals surface area contributed by atoms with E-state index >= 15 is 8.78 Å². The van der Waals surface area contributed by atoms with Crippen molar-refractivity contribution >= 4 is 68.4 Å². The second-order valence-corrected chi connectivity index (χ2v) is 18.1. The van der Waals surface area contributed by atoms with Gasteiger partial charge in [0.1, 0.15) is 5.02 Å². The van der Waals surface area contributed by atoms with Crippen LogP contribution in [0.1, 0.15) is 55.7 Å². The predicted octanol–water partition coefficient (Wildman–Crippen LogP) is 5.38. The molecule has 10 rings (SSSR count). The molecule has 5 aliphatic rings. The molecule has 1 saturated carbocycles. The number of nitrogens with one attached hydrogen (secondary N) is 3. The van der Waals surface area contributed by atoms with E-state index in [-0.39, 0.29) is 29.2 Å².